The van der Waals surface area contributed by atoms with Crippen molar-refractivity contribution in [2.75, 3.05) is 11.9 Å². The second kappa shape index (κ2) is 7.67. The van der Waals surface area contributed by atoms with Gasteiger partial charge in [0.15, 0.2) is 0 Å². The maximum atomic E-state index is 12.5. The third-order valence-corrected chi connectivity index (χ3v) is 3.96. The van der Waals surface area contributed by atoms with Crippen LogP contribution in [0.25, 0.3) is 11.1 Å². The van der Waals surface area contributed by atoms with Crippen LogP contribution in [0.3, 0.4) is 0 Å². The lowest BCUT2D eigenvalue weighted by Crippen LogP contribution is -2.09. The van der Waals surface area contributed by atoms with Gasteiger partial charge >= 0.3 is 5.97 Å². The van der Waals surface area contributed by atoms with Crippen molar-refractivity contribution in [1.82, 2.24) is 0 Å². The molecule has 0 aliphatic carbocycles. The third-order valence-electron chi connectivity index (χ3n) is 3.96. The third kappa shape index (κ3) is 3.89. The summed E-state index contributed by atoms with van der Waals surface area (Å²) in [4.78, 5) is 12.5. The summed E-state index contributed by atoms with van der Waals surface area (Å²) in [5.74, 6) is -0.287. The Morgan fingerprint density at radius 2 is 1.56 bits per heavy atom. The molecule has 0 fully saturated rings. The molecular weight excluding hydrogens is 310 g/mol. The van der Waals surface area contributed by atoms with Gasteiger partial charge in [-0.3, -0.25) is 0 Å². The minimum atomic E-state index is -0.287. The number of anilines is 2. The topological polar surface area (TPSA) is 38.3 Å². The molecule has 0 heterocycles. The molecule has 0 aliphatic heterocycles. The van der Waals surface area contributed by atoms with Crippen molar-refractivity contribution < 1.29 is 9.53 Å². The summed E-state index contributed by atoms with van der Waals surface area (Å²) in [6.45, 7) is 4.12. The Bertz CT molecular complexity index is 858. The van der Waals surface area contributed by atoms with Gasteiger partial charge in [-0.1, -0.05) is 48.5 Å². The highest BCUT2D eigenvalue weighted by molar-refractivity contribution is 6.00. The second-order valence-corrected chi connectivity index (χ2v) is 5.79. The van der Waals surface area contributed by atoms with Crippen molar-refractivity contribution in [2.45, 2.75) is 13.8 Å². The van der Waals surface area contributed by atoms with Crippen LogP contribution >= 0.6 is 0 Å². The van der Waals surface area contributed by atoms with E-state index >= 15 is 0 Å². The predicted molar refractivity (Wildman–Crippen MR) is 102 cm³/mol. The van der Waals surface area contributed by atoms with Gasteiger partial charge in [-0.05, 0) is 54.8 Å². The predicted octanol–water partition coefficient (Wildman–Crippen LogP) is 5.58. The van der Waals surface area contributed by atoms with E-state index in [4.69, 9.17) is 4.74 Å². The van der Waals surface area contributed by atoms with E-state index in [1.54, 1.807) is 0 Å². The largest absolute Gasteiger partial charge is 0.462 e. The maximum absolute atomic E-state index is 12.5. The summed E-state index contributed by atoms with van der Waals surface area (Å²) in [7, 11) is 0. The average molecular weight is 331 g/mol. The number of carbonyl (C=O) groups is 1. The van der Waals surface area contributed by atoms with Crippen LogP contribution in [0.5, 0.6) is 0 Å². The van der Waals surface area contributed by atoms with E-state index in [1.165, 1.54) is 0 Å². The van der Waals surface area contributed by atoms with Gasteiger partial charge in [0.1, 0.15) is 0 Å². The molecule has 0 amide bonds. The van der Waals surface area contributed by atoms with Crippen LogP contribution in [-0.4, -0.2) is 12.6 Å². The van der Waals surface area contributed by atoms with Crippen LogP contribution in [0.2, 0.25) is 0 Å². The smallest absolute Gasteiger partial charge is 0.339 e. The van der Waals surface area contributed by atoms with Crippen molar-refractivity contribution >= 4 is 17.3 Å². The van der Waals surface area contributed by atoms with Gasteiger partial charge in [-0.25, -0.2) is 4.79 Å². The van der Waals surface area contributed by atoms with E-state index in [1.807, 2.05) is 86.6 Å². The summed E-state index contributed by atoms with van der Waals surface area (Å²) in [5, 5.41) is 3.40. The van der Waals surface area contributed by atoms with Gasteiger partial charge in [0.05, 0.1) is 12.2 Å². The highest BCUT2D eigenvalue weighted by Gasteiger charge is 2.18. The summed E-state index contributed by atoms with van der Waals surface area (Å²) in [6, 6.07) is 23.9. The summed E-state index contributed by atoms with van der Waals surface area (Å²) in [5.41, 5.74) is 5.31. The molecule has 1 N–H and O–H groups in total. The first-order valence-electron chi connectivity index (χ1n) is 8.38. The molecule has 25 heavy (non-hydrogen) atoms. The number of benzene rings is 3. The zero-order valence-corrected chi connectivity index (χ0v) is 14.5. The lowest BCUT2D eigenvalue weighted by molar-refractivity contribution is 0.0526. The number of nitrogens with one attached hydrogen (secondary N) is 1. The Labute approximate surface area is 148 Å². The first-order valence-corrected chi connectivity index (χ1v) is 8.38. The van der Waals surface area contributed by atoms with Crippen LogP contribution < -0.4 is 5.32 Å². The minimum absolute atomic E-state index is 0.287. The SMILES string of the molecule is CCOC(=O)c1c(C)cc(Nc2ccccc2)cc1-c1ccccc1. The molecule has 0 bridgehead atoms. The zero-order chi connectivity index (χ0) is 17.6. The second-order valence-electron chi connectivity index (χ2n) is 5.79. The molecule has 0 atom stereocenters. The Balaban J connectivity index is 2.09. The van der Waals surface area contributed by atoms with E-state index in [2.05, 4.69) is 5.32 Å². The van der Waals surface area contributed by atoms with Crippen molar-refractivity contribution in [2.24, 2.45) is 0 Å². The van der Waals surface area contributed by atoms with Gasteiger partial charge in [-0.15, -0.1) is 0 Å². The highest BCUT2D eigenvalue weighted by Crippen LogP contribution is 2.31. The minimum Gasteiger partial charge on any atom is -0.462 e. The number of hydrogen-bond donors (Lipinski definition) is 1. The molecule has 0 radical (unpaired) electrons. The molecule has 3 aromatic carbocycles. The van der Waals surface area contributed by atoms with Crippen LogP contribution in [0, 0.1) is 6.92 Å². The van der Waals surface area contributed by atoms with Crippen LogP contribution in [-0.2, 0) is 4.74 Å². The quantitative estimate of drug-likeness (QED) is 0.620. The number of esters is 1. The number of hydrogen-bond acceptors (Lipinski definition) is 3. The van der Waals surface area contributed by atoms with Gasteiger partial charge < -0.3 is 10.1 Å². The fraction of sp³-hybridized carbons (Fsp3) is 0.136. The lowest BCUT2D eigenvalue weighted by atomic mass is 9.95. The highest BCUT2D eigenvalue weighted by atomic mass is 16.5. The molecule has 0 saturated heterocycles. The van der Waals surface area contributed by atoms with E-state index in [0.717, 1.165) is 28.1 Å². The maximum Gasteiger partial charge on any atom is 0.339 e. The monoisotopic (exact) mass is 331 g/mol. The Hall–Kier alpha value is -3.07. The number of ether oxygens (including phenoxy) is 1. The molecule has 0 unspecified atom stereocenters. The fourth-order valence-electron chi connectivity index (χ4n) is 2.87. The molecule has 0 aromatic heterocycles. The Morgan fingerprint density at radius 1 is 0.920 bits per heavy atom. The number of aryl methyl sites for hydroxylation is 1. The molecule has 3 heteroatoms. The molecule has 3 nitrogen and oxygen atoms in total. The fourth-order valence-corrected chi connectivity index (χ4v) is 2.87. The van der Waals surface area contributed by atoms with Crippen molar-refractivity contribution in [3.63, 3.8) is 0 Å². The molecule has 126 valence electrons. The van der Waals surface area contributed by atoms with E-state index in [-0.39, 0.29) is 5.97 Å². The number of para-hydroxylation sites is 1. The zero-order valence-electron chi connectivity index (χ0n) is 14.5. The van der Waals surface area contributed by atoms with Crippen LogP contribution in [0.4, 0.5) is 11.4 Å². The summed E-state index contributed by atoms with van der Waals surface area (Å²) in [6.07, 6.45) is 0. The molecule has 3 aromatic rings. The first kappa shape index (κ1) is 16.8. The molecule has 3 rings (SSSR count). The van der Waals surface area contributed by atoms with E-state index in [9.17, 15) is 4.79 Å². The summed E-state index contributed by atoms with van der Waals surface area (Å²) < 4.78 is 5.27. The lowest BCUT2D eigenvalue weighted by Gasteiger charge is -2.16. The van der Waals surface area contributed by atoms with Crippen molar-refractivity contribution in [3.05, 3.63) is 83.9 Å². The summed E-state index contributed by atoms with van der Waals surface area (Å²) >= 11 is 0. The van der Waals surface area contributed by atoms with Gasteiger partial charge in [0.25, 0.3) is 0 Å². The standard InChI is InChI=1S/C22H21NO2/c1-3-25-22(24)21-16(2)14-19(23-18-12-8-5-9-13-18)15-20(21)17-10-6-4-7-11-17/h4-15,23H,3H2,1-2H3. The Kier molecular flexibility index (Phi) is 5.14. The van der Waals surface area contributed by atoms with Crippen molar-refractivity contribution in [3.8, 4) is 11.1 Å². The van der Waals surface area contributed by atoms with Crippen molar-refractivity contribution in [1.29, 1.82) is 0 Å². The molecule has 0 spiro atoms. The average Bonchev–Trinajstić information content (AvgIpc) is 2.63. The molecule has 0 aliphatic rings. The van der Waals surface area contributed by atoms with Crippen LogP contribution in [0.1, 0.15) is 22.8 Å². The van der Waals surface area contributed by atoms with E-state index in [0.29, 0.717) is 12.2 Å². The molecular formula is C22H21NO2. The number of rotatable bonds is 5. The van der Waals surface area contributed by atoms with Gasteiger partial charge in [-0.2, -0.15) is 0 Å². The van der Waals surface area contributed by atoms with E-state index < -0.39 is 0 Å². The first-order chi connectivity index (χ1) is 12.2. The van der Waals surface area contributed by atoms with Crippen LogP contribution in [0.15, 0.2) is 72.8 Å². The van der Waals surface area contributed by atoms with Gasteiger partial charge in [0, 0.05) is 11.4 Å². The normalized spacial score (nSPS) is 10.3. The number of carbonyl (C=O) groups excluding carboxylic acids is 1. The Morgan fingerprint density at radius 3 is 2.20 bits per heavy atom. The molecule has 0 saturated carbocycles. The van der Waals surface area contributed by atoms with Gasteiger partial charge in [0.2, 0.25) is 0 Å².